The van der Waals surface area contributed by atoms with Crippen molar-refractivity contribution < 1.29 is 0 Å². The molecule has 0 unspecified atom stereocenters. The Kier molecular flexibility index (Phi) is 2.44. The van der Waals surface area contributed by atoms with Gasteiger partial charge in [-0.1, -0.05) is 12.2 Å². The third-order valence-corrected chi connectivity index (χ3v) is 1.70. The van der Waals surface area contributed by atoms with Gasteiger partial charge in [-0.05, 0) is 13.0 Å². The van der Waals surface area contributed by atoms with Crippen LogP contribution in [0, 0.1) is 22.9 Å². The molecular weight excluding hydrogens is 158 g/mol. The molecule has 1 N–H and O–H groups in total. The highest BCUT2D eigenvalue weighted by atomic mass is 32.1. The van der Waals surface area contributed by atoms with Gasteiger partial charge in [0, 0.05) is 5.69 Å². The van der Waals surface area contributed by atoms with E-state index in [-0.39, 0.29) is 0 Å². The lowest BCUT2D eigenvalue weighted by atomic mass is 10.5. The Hall–Kier alpha value is -1.08. The second-order valence-corrected chi connectivity index (χ2v) is 2.76. The number of hydrogen-bond donors (Lipinski definition) is 1. The number of aromatic amines is 1. The number of aryl methyl sites for hydroxylation is 2. The number of rotatable bonds is 2. The number of nitrogens with zero attached hydrogens (tertiary/aromatic N) is 2. The highest BCUT2D eigenvalue weighted by Crippen LogP contribution is 1.97. The Morgan fingerprint density at radius 3 is 3.00 bits per heavy atom. The van der Waals surface area contributed by atoms with Crippen molar-refractivity contribution in [1.82, 2.24) is 9.78 Å². The molecule has 11 heavy (non-hydrogen) atoms. The van der Waals surface area contributed by atoms with Crippen LogP contribution in [-0.2, 0) is 6.54 Å². The third kappa shape index (κ3) is 1.92. The van der Waals surface area contributed by atoms with E-state index in [9.17, 15) is 0 Å². The number of nitriles is 1. The van der Waals surface area contributed by atoms with Crippen LogP contribution in [0.15, 0.2) is 6.07 Å². The van der Waals surface area contributed by atoms with Gasteiger partial charge in [0.1, 0.15) is 4.64 Å². The van der Waals surface area contributed by atoms with Crippen LogP contribution in [0.3, 0.4) is 0 Å². The predicted octanol–water partition coefficient (Wildman–Crippen LogP) is 1.77. The molecule has 3 nitrogen and oxygen atoms in total. The summed E-state index contributed by atoms with van der Waals surface area (Å²) in [5.74, 6) is 0. The van der Waals surface area contributed by atoms with Crippen molar-refractivity contribution in [1.29, 1.82) is 5.26 Å². The molecule has 1 aromatic rings. The summed E-state index contributed by atoms with van der Waals surface area (Å²) in [6.07, 6.45) is 0.494. The molecule has 0 saturated carbocycles. The summed E-state index contributed by atoms with van der Waals surface area (Å²) in [7, 11) is 0. The lowest BCUT2D eigenvalue weighted by Crippen LogP contribution is -1.98. The van der Waals surface area contributed by atoms with E-state index in [4.69, 9.17) is 17.5 Å². The van der Waals surface area contributed by atoms with E-state index in [2.05, 4.69) is 11.2 Å². The Balaban J connectivity index is 2.80. The topological polar surface area (TPSA) is 44.5 Å². The average molecular weight is 167 g/mol. The molecule has 1 heterocycles. The van der Waals surface area contributed by atoms with Crippen molar-refractivity contribution in [2.45, 2.75) is 19.9 Å². The van der Waals surface area contributed by atoms with Crippen molar-refractivity contribution in [3.63, 3.8) is 0 Å². The van der Waals surface area contributed by atoms with E-state index < -0.39 is 0 Å². The quantitative estimate of drug-likeness (QED) is 0.682. The van der Waals surface area contributed by atoms with Gasteiger partial charge >= 0.3 is 0 Å². The molecule has 4 heteroatoms. The van der Waals surface area contributed by atoms with Crippen molar-refractivity contribution in [2.24, 2.45) is 0 Å². The monoisotopic (exact) mass is 167 g/mol. The van der Waals surface area contributed by atoms with Gasteiger partial charge in [-0.15, -0.1) is 0 Å². The highest BCUT2D eigenvalue weighted by Gasteiger charge is 1.93. The summed E-state index contributed by atoms with van der Waals surface area (Å²) in [6.45, 7) is 2.60. The smallest absolute Gasteiger partial charge is 0.122 e. The molecule has 0 radical (unpaired) electrons. The standard InChI is InChI=1S/C7H9N3S/c1-6-5-7(11)10(9-6)4-2-3-8/h5,9H,2,4H2,1H3. The number of hydrogen-bond acceptors (Lipinski definition) is 2. The largest absolute Gasteiger partial charge is 0.302 e. The Morgan fingerprint density at radius 2 is 2.55 bits per heavy atom. The van der Waals surface area contributed by atoms with Crippen LogP contribution < -0.4 is 0 Å². The molecule has 0 spiro atoms. The average Bonchev–Trinajstić information content (AvgIpc) is 2.26. The molecule has 0 aromatic carbocycles. The maximum absolute atomic E-state index is 8.31. The Morgan fingerprint density at radius 1 is 1.82 bits per heavy atom. The van der Waals surface area contributed by atoms with E-state index in [1.807, 2.05) is 13.0 Å². The van der Waals surface area contributed by atoms with E-state index >= 15 is 0 Å². The molecule has 0 saturated heterocycles. The molecule has 0 bridgehead atoms. The van der Waals surface area contributed by atoms with E-state index in [0.717, 1.165) is 10.3 Å². The van der Waals surface area contributed by atoms with Crippen LogP contribution in [0.2, 0.25) is 0 Å². The van der Waals surface area contributed by atoms with Gasteiger partial charge in [-0.25, -0.2) is 0 Å². The van der Waals surface area contributed by atoms with Crippen molar-refractivity contribution in [3.8, 4) is 6.07 Å². The summed E-state index contributed by atoms with van der Waals surface area (Å²) < 4.78 is 2.56. The number of aromatic nitrogens is 2. The first-order chi connectivity index (χ1) is 5.24. The summed E-state index contributed by atoms with van der Waals surface area (Å²) in [5, 5.41) is 11.4. The zero-order chi connectivity index (χ0) is 8.27. The summed E-state index contributed by atoms with van der Waals surface area (Å²) >= 11 is 5.01. The molecule has 1 rings (SSSR count). The van der Waals surface area contributed by atoms with Crippen LogP contribution >= 0.6 is 12.2 Å². The summed E-state index contributed by atoms with van der Waals surface area (Å²) in [6, 6.07) is 3.95. The lowest BCUT2D eigenvalue weighted by Gasteiger charge is -1.96. The van der Waals surface area contributed by atoms with E-state index in [0.29, 0.717) is 13.0 Å². The van der Waals surface area contributed by atoms with Crippen molar-refractivity contribution >= 4 is 12.2 Å². The fourth-order valence-electron chi connectivity index (χ4n) is 0.891. The third-order valence-electron chi connectivity index (χ3n) is 1.36. The Bertz CT molecular complexity index is 328. The number of H-pyrrole nitrogens is 1. The van der Waals surface area contributed by atoms with Crippen LogP contribution in [0.4, 0.5) is 0 Å². The highest BCUT2D eigenvalue weighted by molar-refractivity contribution is 7.71. The van der Waals surface area contributed by atoms with Crippen LogP contribution in [0.25, 0.3) is 0 Å². The van der Waals surface area contributed by atoms with Gasteiger partial charge in [0.25, 0.3) is 0 Å². The van der Waals surface area contributed by atoms with Crippen molar-refractivity contribution in [3.05, 3.63) is 16.4 Å². The molecule has 58 valence electrons. The van der Waals surface area contributed by atoms with E-state index in [1.165, 1.54) is 0 Å². The van der Waals surface area contributed by atoms with Gasteiger partial charge in [0.05, 0.1) is 19.0 Å². The summed E-state index contributed by atoms with van der Waals surface area (Å²) in [5.41, 5.74) is 1.04. The minimum Gasteiger partial charge on any atom is -0.302 e. The molecule has 0 aliphatic carbocycles. The van der Waals surface area contributed by atoms with Crippen LogP contribution in [-0.4, -0.2) is 9.78 Å². The molecular formula is C7H9N3S. The zero-order valence-electron chi connectivity index (χ0n) is 6.29. The number of nitrogens with one attached hydrogen (secondary N) is 1. The van der Waals surface area contributed by atoms with Gasteiger partial charge in [-0.2, -0.15) is 5.26 Å². The SMILES string of the molecule is Cc1cc(=S)n(CCC#N)[nH]1. The first kappa shape index (κ1) is 8.02. The molecule has 0 fully saturated rings. The minimum absolute atomic E-state index is 0.494. The second kappa shape index (κ2) is 3.35. The fraction of sp³-hybridized carbons (Fsp3) is 0.429. The fourth-order valence-corrected chi connectivity index (χ4v) is 1.20. The maximum atomic E-state index is 8.31. The van der Waals surface area contributed by atoms with Gasteiger partial charge in [0.2, 0.25) is 0 Å². The lowest BCUT2D eigenvalue weighted by molar-refractivity contribution is 0.615. The zero-order valence-corrected chi connectivity index (χ0v) is 7.11. The first-order valence-corrected chi connectivity index (χ1v) is 3.78. The maximum Gasteiger partial charge on any atom is 0.122 e. The van der Waals surface area contributed by atoms with E-state index in [1.54, 1.807) is 4.68 Å². The first-order valence-electron chi connectivity index (χ1n) is 3.37. The molecule has 0 atom stereocenters. The van der Waals surface area contributed by atoms with Gasteiger partial charge in [0.15, 0.2) is 0 Å². The predicted molar refractivity (Wildman–Crippen MR) is 44.6 cm³/mol. The minimum atomic E-state index is 0.494. The molecule has 0 aliphatic rings. The molecule has 0 aliphatic heterocycles. The van der Waals surface area contributed by atoms with Crippen molar-refractivity contribution in [2.75, 3.05) is 0 Å². The summed E-state index contributed by atoms with van der Waals surface area (Å²) in [4.78, 5) is 0. The van der Waals surface area contributed by atoms with Gasteiger partial charge < -0.3 is 5.10 Å². The van der Waals surface area contributed by atoms with Gasteiger partial charge in [-0.3, -0.25) is 4.68 Å². The normalized spacial score (nSPS) is 9.45. The molecule has 1 aromatic heterocycles. The molecule has 0 amide bonds. The van der Waals surface area contributed by atoms with Crippen LogP contribution in [0.1, 0.15) is 12.1 Å². The Labute approximate surface area is 70.2 Å². The van der Waals surface area contributed by atoms with Crippen LogP contribution in [0.5, 0.6) is 0 Å². The second-order valence-electron chi connectivity index (χ2n) is 2.34.